The third-order valence-electron chi connectivity index (χ3n) is 1.93. The fourth-order valence-corrected chi connectivity index (χ4v) is 1.13. The molecule has 1 rings (SSSR count). The number of benzene rings is 1. The number of carbonyl (C=O) groups excluding carboxylic acids is 1. The van der Waals surface area contributed by atoms with Crippen LogP contribution in [0.15, 0.2) is 18.2 Å². The average Bonchev–Trinajstić information content (AvgIpc) is 2.16. The Balaban J connectivity index is 2.63. The van der Waals surface area contributed by atoms with Gasteiger partial charge >= 0.3 is 5.97 Å². The first kappa shape index (κ1) is 10.8. The van der Waals surface area contributed by atoms with E-state index in [4.69, 9.17) is 7.85 Å². The van der Waals surface area contributed by atoms with Crippen molar-refractivity contribution in [3.8, 4) is 0 Å². The lowest BCUT2D eigenvalue weighted by atomic mass is 9.88. The highest BCUT2D eigenvalue weighted by Gasteiger charge is 2.03. The fourth-order valence-electron chi connectivity index (χ4n) is 1.13. The number of rotatable bonds is 3. The third-order valence-corrected chi connectivity index (χ3v) is 1.93. The molecule has 2 nitrogen and oxygen atoms in total. The second-order valence-electron chi connectivity index (χ2n) is 2.92. The third kappa shape index (κ3) is 2.87. The molecule has 0 saturated heterocycles. The second-order valence-corrected chi connectivity index (χ2v) is 2.92. The molecule has 0 saturated carbocycles. The molecule has 0 aliphatic carbocycles. The largest absolute Gasteiger partial charge is 0.469 e. The van der Waals surface area contributed by atoms with E-state index in [0.29, 0.717) is 11.9 Å². The predicted octanol–water partition coefficient (Wildman–Crippen LogP) is 0.725. The zero-order valence-electron chi connectivity index (χ0n) is 7.92. The van der Waals surface area contributed by atoms with E-state index in [9.17, 15) is 9.18 Å². The molecule has 0 N–H and O–H groups in total. The van der Waals surface area contributed by atoms with E-state index in [1.54, 1.807) is 6.07 Å². The Morgan fingerprint density at radius 3 is 2.86 bits per heavy atom. The quantitative estimate of drug-likeness (QED) is 0.521. The van der Waals surface area contributed by atoms with Gasteiger partial charge in [0.15, 0.2) is 0 Å². The lowest BCUT2D eigenvalue weighted by Crippen LogP contribution is -2.13. The van der Waals surface area contributed by atoms with Crippen LogP contribution >= 0.6 is 0 Å². The summed E-state index contributed by atoms with van der Waals surface area (Å²) in [6, 6.07) is 4.14. The van der Waals surface area contributed by atoms with Crippen LogP contribution in [0.4, 0.5) is 4.39 Å². The average molecular weight is 192 g/mol. The van der Waals surface area contributed by atoms with Crippen LogP contribution in [0.1, 0.15) is 12.0 Å². The molecule has 0 fully saturated rings. The first-order chi connectivity index (χ1) is 6.63. The highest BCUT2D eigenvalue weighted by Crippen LogP contribution is 2.03. The molecule has 0 aliphatic rings. The summed E-state index contributed by atoms with van der Waals surface area (Å²) in [5, 5.41) is 0. The molecule has 0 aromatic heterocycles. The predicted molar refractivity (Wildman–Crippen MR) is 52.1 cm³/mol. The van der Waals surface area contributed by atoms with Gasteiger partial charge in [0.2, 0.25) is 0 Å². The Labute approximate surface area is 83.5 Å². The van der Waals surface area contributed by atoms with Gasteiger partial charge < -0.3 is 4.74 Å². The number of hydrogen-bond acceptors (Lipinski definition) is 2. The monoisotopic (exact) mass is 192 g/mol. The Kier molecular flexibility index (Phi) is 3.68. The lowest BCUT2D eigenvalue weighted by molar-refractivity contribution is -0.140. The van der Waals surface area contributed by atoms with Crippen molar-refractivity contribution in [1.82, 2.24) is 0 Å². The van der Waals surface area contributed by atoms with Crippen molar-refractivity contribution in [2.45, 2.75) is 12.8 Å². The number of ether oxygens (including phenoxy) is 1. The smallest absolute Gasteiger partial charge is 0.305 e. The van der Waals surface area contributed by atoms with Gasteiger partial charge in [-0.1, -0.05) is 17.1 Å². The molecule has 0 bridgehead atoms. The zero-order chi connectivity index (χ0) is 10.6. The number of carbonyl (C=O) groups is 1. The van der Waals surface area contributed by atoms with E-state index in [1.807, 2.05) is 0 Å². The summed E-state index contributed by atoms with van der Waals surface area (Å²) in [6.07, 6.45) is 0.727. The molecule has 14 heavy (non-hydrogen) atoms. The van der Waals surface area contributed by atoms with Crippen molar-refractivity contribution in [3.05, 3.63) is 29.6 Å². The van der Waals surface area contributed by atoms with E-state index < -0.39 is 0 Å². The summed E-state index contributed by atoms with van der Waals surface area (Å²) in [4.78, 5) is 10.8. The van der Waals surface area contributed by atoms with Crippen LogP contribution < -0.4 is 5.46 Å². The number of hydrogen-bond donors (Lipinski definition) is 0. The molecular formula is C10H10BFO2. The molecule has 0 atom stereocenters. The SMILES string of the molecule is [B]c1cc(F)ccc1CCC(=O)OC. The molecular weight excluding hydrogens is 182 g/mol. The summed E-state index contributed by atoms with van der Waals surface area (Å²) in [7, 11) is 6.89. The molecule has 1 aromatic rings. The van der Waals surface area contributed by atoms with Crippen LogP contribution in [-0.4, -0.2) is 20.9 Å². The fraction of sp³-hybridized carbons (Fsp3) is 0.300. The van der Waals surface area contributed by atoms with Crippen molar-refractivity contribution in [1.29, 1.82) is 0 Å². The first-order valence-corrected chi connectivity index (χ1v) is 4.24. The molecule has 4 heteroatoms. The van der Waals surface area contributed by atoms with Gasteiger partial charge in [-0.05, 0) is 18.6 Å². The maximum atomic E-state index is 12.6. The van der Waals surface area contributed by atoms with E-state index in [2.05, 4.69) is 4.74 Å². The van der Waals surface area contributed by atoms with Crippen LogP contribution in [0.2, 0.25) is 0 Å². The molecule has 0 heterocycles. The summed E-state index contributed by atoms with van der Waals surface area (Å²) in [5.41, 5.74) is 1.13. The highest BCUT2D eigenvalue weighted by molar-refractivity contribution is 6.33. The van der Waals surface area contributed by atoms with Crippen molar-refractivity contribution < 1.29 is 13.9 Å². The van der Waals surface area contributed by atoms with Gasteiger partial charge in [0.05, 0.1) is 7.11 Å². The molecule has 2 radical (unpaired) electrons. The minimum atomic E-state index is -0.371. The minimum Gasteiger partial charge on any atom is -0.469 e. The lowest BCUT2D eigenvalue weighted by Gasteiger charge is -2.04. The van der Waals surface area contributed by atoms with E-state index in [0.717, 1.165) is 5.56 Å². The Morgan fingerprint density at radius 2 is 2.29 bits per heavy atom. The van der Waals surface area contributed by atoms with Gasteiger partial charge in [0.1, 0.15) is 13.7 Å². The Bertz CT molecular complexity index is 339. The normalized spacial score (nSPS) is 9.86. The van der Waals surface area contributed by atoms with Crippen LogP contribution in [0.5, 0.6) is 0 Å². The Morgan fingerprint density at radius 1 is 1.57 bits per heavy atom. The molecule has 0 amide bonds. The van der Waals surface area contributed by atoms with Crippen LogP contribution in [-0.2, 0) is 16.0 Å². The first-order valence-electron chi connectivity index (χ1n) is 4.24. The standard InChI is InChI=1S/C10H10BFO2/c1-14-10(13)5-3-7-2-4-8(12)6-9(7)11/h2,4,6H,3,5H2,1H3. The molecule has 0 unspecified atom stereocenters. The number of halogens is 1. The molecule has 72 valence electrons. The Hall–Kier alpha value is -1.32. The van der Waals surface area contributed by atoms with Gasteiger partial charge in [0, 0.05) is 6.42 Å². The zero-order valence-corrected chi connectivity index (χ0v) is 7.92. The maximum Gasteiger partial charge on any atom is 0.305 e. The number of esters is 1. The van der Waals surface area contributed by atoms with Crippen molar-refractivity contribution in [2.75, 3.05) is 7.11 Å². The van der Waals surface area contributed by atoms with Crippen molar-refractivity contribution in [2.24, 2.45) is 0 Å². The van der Waals surface area contributed by atoms with Gasteiger partial charge in [0.25, 0.3) is 0 Å². The summed E-state index contributed by atoms with van der Waals surface area (Å²) in [6.45, 7) is 0. The maximum absolute atomic E-state index is 12.6. The van der Waals surface area contributed by atoms with Crippen molar-refractivity contribution in [3.63, 3.8) is 0 Å². The summed E-state index contributed by atoms with van der Waals surface area (Å²) >= 11 is 0. The molecule has 1 aromatic carbocycles. The van der Waals surface area contributed by atoms with Gasteiger partial charge in [-0.15, -0.1) is 0 Å². The molecule has 0 aliphatic heterocycles. The van der Waals surface area contributed by atoms with Gasteiger partial charge in [-0.25, -0.2) is 4.39 Å². The summed E-state index contributed by atoms with van der Waals surface area (Å²) < 4.78 is 17.1. The van der Waals surface area contributed by atoms with E-state index >= 15 is 0 Å². The van der Waals surface area contributed by atoms with Crippen LogP contribution in [0.25, 0.3) is 0 Å². The molecule has 0 spiro atoms. The topological polar surface area (TPSA) is 26.3 Å². The van der Waals surface area contributed by atoms with E-state index in [-0.39, 0.29) is 18.2 Å². The van der Waals surface area contributed by atoms with Crippen molar-refractivity contribution >= 4 is 19.3 Å². The minimum absolute atomic E-state index is 0.256. The second kappa shape index (κ2) is 4.79. The summed E-state index contributed by atoms with van der Waals surface area (Å²) in [5.74, 6) is -0.668. The van der Waals surface area contributed by atoms with Crippen LogP contribution in [0.3, 0.4) is 0 Å². The highest BCUT2D eigenvalue weighted by atomic mass is 19.1. The van der Waals surface area contributed by atoms with Gasteiger partial charge in [-0.2, -0.15) is 0 Å². The van der Waals surface area contributed by atoms with Gasteiger partial charge in [-0.3, -0.25) is 4.79 Å². The number of methoxy groups -OCH3 is 1. The number of aryl methyl sites for hydroxylation is 1. The van der Waals surface area contributed by atoms with E-state index in [1.165, 1.54) is 19.2 Å². The van der Waals surface area contributed by atoms with Crippen LogP contribution in [0, 0.1) is 5.82 Å².